The number of furan rings is 1. The van der Waals surface area contributed by atoms with Gasteiger partial charge in [0.2, 0.25) is 0 Å². The van der Waals surface area contributed by atoms with Gasteiger partial charge >= 0.3 is 12.2 Å². The predicted molar refractivity (Wildman–Crippen MR) is 88.2 cm³/mol. The predicted octanol–water partition coefficient (Wildman–Crippen LogP) is 4.02. The van der Waals surface area contributed by atoms with Gasteiger partial charge in [0.15, 0.2) is 5.76 Å². The van der Waals surface area contributed by atoms with Crippen molar-refractivity contribution in [2.24, 2.45) is 7.05 Å². The Morgan fingerprint density at radius 2 is 2.00 bits per heavy atom. The summed E-state index contributed by atoms with van der Waals surface area (Å²) in [7, 11) is 1.72. The number of benzene rings is 1. The fourth-order valence-corrected chi connectivity index (χ4v) is 2.44. The monoisotopic (exact) mass is 364 g/mol. The zero-order valence-corrected chi connectivity index (χ0v) is 13.7. The van der Waals surface area contributed by atoms with Crippen molar-refractivity contribution in [3.63, 3.8) is 0 Å². The average molecular weight is 364 g/mol. The Morgan fingerprint density at radius 3 is 2.69 bits per heavy atom. The summed E-state index contributed by atoms with van der Waals surface area (Å²) in [5, 5.41) is 8.94. The van der Waals surface area contributed by atoms with Crippen LogP contribution in [0.2, 0.25) is 0 Å². The second-order valence-corrected chi connectivity index (χ2v) is 5.47. The Kier molecular flexibility index (Phi) is 4.70. The van der Waals surface area contributed by atoms with Crippen LogP contribution < -0.4 is 10.6 Å². The molecule has 0 saturated heterocycles. The van der Waals surface area contributed by atoms with E-state index in [0.717, 1.165) is 11.8 Å². The average Bonchev–Trinajstić information content (AvgIpc) is 3.22. The summed E-state index contributed by atoms with van der Waals surface area (Å²) in [5.74, 6) is 0.620. The third-order valence-corrected chi connectivity index (χ3v) is 3.61. The first-order chi connectivity index (χ1) is 12.3. The van der Waals surface area contributed by atoms with Crippen molar-refractivity contribution in [1.29, 1.82) is 0 Å². The van der Waals surface area contributed by atoms with E-state index in [9.17, 15) is 18.0 Å². The van der Waals surface area contributed by atoms with E-state index in [2.05, 4.69) is 15.7 Å². The first-order valence-corrected chi connectivity index (χ1v) is 7.62. The lowest BCUT2D eigenvalue weighted by molar-refractivity contribution is -0.136. The number of urea groups is 1. The summed E-state index contributed by atoms with van der Waals surface area (Å²) in [6, 6.07) is 9.26. The van der Waals surface area contributed by atoms with Gasteiger partial charge in [0, 0.05) is 7.05 Å². The van der Waals surface area contributed by atoms with Gasteiger partial charge in [-0.15, -0.1) is 0 Å². The molecule has 2 heterocycles. The molecule has 26 heavy (non-hydrogen) atoms. The summed E-state index contributed by atoms with van der Waals surface area (Å²) in [5.41, 5.74) is 0.0377. The number of halogens is 3. The van der Waals surface area contributed by atoms with Gasteiger partial charge < -0.3 is 15.1 Å². The second-order valence-electron chi connectivity index (χ2n) is 5.47. The molecule has 3 aromatic rings. The summed E-state index contributed by atoms with van der Waals surface area (Å²) in [6.07, 6.45) is -3.02. The standard InChI is InChI=1S/C17H15F3N4O2/c1-24-14(15-7-4-8-26-15)9-11(23-24)10-21-16(25)22-13-6-3-2-5-12(13)17(18,19)20/h2-9H,10H2,1H3,(H2,21,22,25). The van der Waals surface area contributed by atoms with Gasteiger partial charge in [-0.05, 0) is 30.3 Å². The molecule has 6 nitrogen and oxygen atoms in total. The highest BCUT2D eigenvalue weighted by atomic mass is 19.4. The van der Waals surface area contributed by atoms with Gasteiger partial charge in [-0.25, -0.2) is 4.79 Å². The fraction of sp³-hybridized carbons (Fsp3) is 0.176. The molecule has 1 aromatic carbocycles. The van der Waals surface area contributed by atoms with Crippen LogP contribution >= 0.6 is 0 Å². The molecular weight excluding hydrogens is 349 g/mol. The largest absolute Gasteiger partial charge is 0.463 e. The topological polar surface area (TPSA) is 72.1 Å². The molecule has 2 aromatic heterocycles. The van der Waals surface area contributed by atoms with Gasteiger partial charge in [-0.2, -0.15) is 18.3 Å². The number of nitrogens with one attached hydrogen (secondary N) is 2. The molecule has 9 heteroatoms. The Balaban J connectivity index is 1.65. The lowest BCUT2D eigenvalue weighted by atomic mass is 10.1. The van der Waals surface area contributed by atoms with E-state index in [1.807, 2.05) is 0 Å². The van der Waals surface area contributed by atoms with Crippen LogP contribution in [0, 0.1) is 0 Å². The van der Waals surface area contributed by atoms with E-state index in [0.29, 0.717) is 11.5 Å². The second kappa shape index (κ2) is 6.95. The third-order valence-electron chi connectivity index (χ3n) is 3.61. The molecule has 0 bridgehead atoms. The number of carbonyl (C=O) groups is 1. The minimum Gasteiger partial charge on any atom is -0.463 e. The SMILES string of the molecule is Cn1nc(CNC(=O)Nc2ccccc2C(F)(F)F)cc1-c1ccco1. The van der Waals surface area contributed by atoms with Gasteiger partial charge in [0.05, 0.1) is 29.8 Å². The van der Waals surface area contributed by atoms with Crippen molar-refractivity contribution in [2.45, 2.75) is 12.7 Å². The van der Waals surface area contributed by atoms with Crippen molar-refractivity contribution in [1.82, 2.24) is 15.1 Å². The number of para-hydroxylation sites is 1. The molecule has 0 aliphatic heterocycles. The maximum Gasteiger partial charge on any atom is 0.418 e. The van der Waals surface area contributed by atoms with E-state index >= 15 is 0 Å². The molecule has 2 amide bonds. The van der Waals surface area contributed by atoms with Crippen molar-refractivity contribution < 1.29 is 22.4 Å². The van der Waals surface area contributed by atoms with Gasteiger partial charge in [0.25, 0.3) is 0 Å². The van der Waals surface area contributed by atoms with Crippen molar-refractivity contribution in [2.75, 3.05) is 5.32 Å². The zero-order valence-electron chi connectivity index (χ0n) is 13.7. The number of amides is 2. The Hall–Kier alpha value is -3.23. The maximum atomic E-state index is 12.9. The Bertz CT molecular complexity index is 901. The van der Waals surface area contributed by atoms with Crippen molar-refractivity contribution in [3.05, 3.63) is 60.0 Å². The molecule has 2 N–H and O–H groups in total. The lowest BCUT2D eigenvalue weighted by Gasteiger charge is -2.13. The third kappa shape index (κ3) is 3.88. The summed E-state index contributed by atoms with van der Waals surface area (Å²) in [4.78, 5) is 11.9. The summed E-state index contributed by atoms with van der Waals surface area (Å²) < 4.78 is 45.7. The number of aryl methyl sites for hydroxylation is 1. The molecular formula is C17H15F3N4O2. The molecule has 0 spiro atoms. The molecule has 0 atom stereocenters. The maximum absolute atomic E-state index is 12.9. The molecule has 3 rings (SSSR count). The van der Waals surface area contributed by atoms with Gasteiger partial charge in [0.1, 0.15) is 5.69 Å². The van der Waals surface area contributed by atoms with E-state index < -0.39 is 17.8 Å². The van der Waals surface area contributed by atoms with E-state index in [1.165, 1.54) is 24.5 Å². The highest BCUT2D eigenvalue weighted by molar-refractivity contribution is 5.90. The number of anilines is 1. The Morgan fingerprint density at radius 1 is 1.23 bits per heavy atom. The molecule has 0 aliphatic rings. The van der Waals surface area contributed by atoms with Crippen molar-refractivity contribution >= 4 is 11.7 Å². The smallest absolute Gasteiger partial charge is 0.418 e. The number of carbonyl (C=O) groups excluding carboxylic acids is 1. The van der Waals surface area contributed by atoms with Crippen LogP contribution in [0.25, 0.3) is 11.5 Å². The number of rotatable bonds is 4. The molecule has 136 valence electrons. The van der Waals surface area contributed by atoms with Crippen molar-refractivity contribution in [3.8, 4) is 11.5 Å². The molecule has 0 unspecified atom stereocenters. The molecule has 0 saturated carbocycles. The van der Waals surface area contributed by atoms with Crippen LogP contribution in [-0.4, -0.2) is 15.8 Å². The number of nitrogens with zero attached hydrogens (tertiary/aromatic N) is 2. The van der Waals surface area contributed by atoms with Crippen LogP contribution in [0.3, 0.4) is 0 Å². The first-order valence-electron chi connectivity index (χ1n) is 7.62. The molecule has 0 aliphatic carbocycles. The van der Waals surface area contributed by atoms with Crippen LogP contribution in [0.4, 0.5) is 23.7 Å². The Labute approximate surface area is 146 Å². The van der Waals surface area contributed by atoms with Gasteiger partial charge in [-0.3, -0.25) is 4.68 Å². The quantitative estimate of drug-likeness (QED) is 0.734. The molecule has 0 fully saturated rings. The number of hydrogen-bond acceptors (Lipinski definition) is 3. The molecule has 0 radical (unpaired) electrons. The normalized spacial score (nSPS) is 11.4. The van der Waals surface area contributed by atoms with E-state index in [1.54, 1.807) is 29.9 Å². The number of aromatic nitrogens is 2. The van der Waals surface area contributed by atoms with Crippen LogP contribution in [0.15, 0.2) is 53.1 Å². The fourth-order valence-electron chi connectivity index (χ4n) is 2.44. The van der Waals surface area contributed by atoms with E-state index in [-0.39, 0.29) is 12.2 Å². The van der Waals surface area contributed by atoms with Gasteiger partial charge in [-0.1, -0.05) is 12.1 Å². The summed E-state index contributed by atoms with van der Waals surface area (Å²) in [6.45, 7) is 0.0502. The number of alkyl halides is 3. The first kappa shape index (κ1) is 17.6. The van der Waals surface area contributed by atoms with Crippen LogP contribution in [-0.2, 0) is 19.8 Å². The minimum atomic E-state index is -4.55. The minimum absolute atomic E-state index is 0.0502. The highest BCUT2D eigenvalue weighted by Crippen LogP contribution is 2.34. The highest BCUT2D eigenvalue weighted by Gasteiger charge is 2.33. The zero-order chi connectivity index (χ0) is 18.7. The lowest BCUT2D eigenvalue weighted by Crippen LogP contribution is -2.29. The van der Waals surface area contributed by atoms with Crippen LogP contribution in [0.5, 0.6) is 0 Å². The van der Waals surface area contributed by atoms with Crippen LogP contribution in [0.1, 0.15) is 11.3 Å². The number of hydrogen-bond donors (Lipinski definition) is 2. The summed E-state index contributed by atoms with van der Waals surface area (Å²) >= 11 is 0. The van der Waals surface area contributed by atoms with E-state index in [4.69, 9.17) is 4.42 Å².